The first kappa shape index (κ1) is 32.2. The quantitative estimate of drug-likeness (QED) is 0.234. The number of aromatic nitrogens is 2. The van der Waals surface area contributed by atoms with Crippen molar-refractivity contribution in [3.05, 3.63) is 57.3 Å². The summed E-state index contributed by atoms with van der Waals surface area (Å²) in [4.78, 5) is 45.8. The van der Waals surface area contributed by atoms with Crippen LogP contribution < -0.4 is 10.6 Å². The number of carbonyl (C=O) groups excluding carboxylic acids is 3. The lowest BCUT2D eigenvalue weighted by atomic mass is 9.86. The van der Waals surface area contributed by atoms with Crippen molar-refractivity contribution in [1.29, 1.82) is 5.26 Å². The number of likely N-dealkylation sites (tertiary alicyclic amines) is 1. The van der Waals surface area contributed by atoms with Crippen molar-refractivity contribution >= 4 is 46.0 Å². The zero-order valence-electron chi connectivity index (χ0n) is 25.7. The summed E-state index contributed by atoms with van der Waals surface area (Å²) in [6, 6.07) is 9.36. The topological polar surface area (TPSA) is 129 Å². The molecule has 1 atom stereocenters. The summed E-state index contributed by atoms with van der Waals surface area (Å²) in [7, 11) is 0. The summed E-state index contributed by atoms with van der Waals surface area (Å²) in [6.45, 7) is 10.0. The molecule has 10 nitrogen and oxygen atoms in total. The summed E-state index contributed by atoms with van der Waals surface area (Å²) in [5.74, 6) is -1.07. The first-order valence-electron chi connectivity index (χ1n) is 14.8. The van der Waals surface area contributed by atoms with E-state index in [0.717, 1.165) is 6.42 Å². The number of alkyl halides is 2. The van der Waals surface area contributed by atoms with Gasteiger partial charge in [0, 0.05) is 30.6 Å². The predicted octanol–water partition coefficient (Wildman–Crippen LogP) is 5.54. The maximum atomic E-state index is 13.5. The van der Waals surface area contributed by atoms with E-state index in [9.17, 15) is 28.4 Å². The van der Waals surface area contributed by atoms with E-state index in [4.69, 9.17) is 4.74 Å². The molecule has 0 aliphatic carbocycles. The van der Waals surface area contributed by atoms with Crippen LogP contribution in [0.25, 0.3) is 11.0 Å². The number of anilines is 1. The van der Waals surface area contributed by atoms with Crippen LogP contribution >= 0.6 is 11.3 Å². The molecule has 2 aliphatic rings. The molecule has 45 heavy (non-hydrogen) atoms. The standard InChI is InChI=1S/C32H36F2N6O4S/c1-31(2,3)16-36-27(41)19-7-8-23-22(12-19)37-30(38-28(42)25-10-9-24(45-25)26(33)34)40(23)15-21-6-5-11-39(21)29(43)20(14-35)13-32(4)17-44-18-32/h7-10,12-13,21,26H,5-6,11,15-18H2,1-4H3,(H,36,41)(H,37,38,42)/b20-13-/t21-/m1/s1. The number of fused-ring (bicyclic) bond motifs is 1. The number of nitriles is 1. The molecule has 2 aromatic heterocycles. The van der Waals surface area contributed by atoms with E-state index in [2.05, 4.69) is 21.7 Å². The molecule has 238 valence electrons. The highest BCUT2D eigenvalue weighted by Crippen LogP contribution is 2.32. The van der Waals surface area contributed by atoms with E-state index < -0.39 is 12.3 Å². The lowest BCUT2D eigenvalue weighted by Gasteiger charge is -2.35. The molecule has 2 fully saturated rings. The fourth-order valence-corrected chi connectivity index (χ4v) is 6.17. The maximum Gasteiger partial charge on any atom is 0.272 e. The molecule has 0 bridgehead atoms. The second-order valence-electron chi connectivity index (χ2n) is 13.1. The van der Waals surface area contributed by atoms with Crippen molar-refractivity contribution in [3.63, 3.8) is 0 Å². The van der Waals surface area contributed by atoms with Crippen LogP contribution in [0.2, 0.25) is 0 Å². The number of carbonyl (C=O) groups is 3. The van der Waals surface area contributed by atoms with Gasteiger partial charge >= 0.3 is 0 Å². The van der Waals surface area contributed by atoms with Crippen molar-refractivity contribution < 1.29 is 27.9 Å². The zero-order chi connectivity index (χ0) is 32.5. The molecule has 13 heteroatoms. The molecule has 4 heterocycles. The molecular weight excluding hydrogens is 602 g/mol. The van der Waals surface area contributed by atoms with Crippen LogP contribution in [0.1, 0.15) is 71.9 Å². The molecule has 0 saturated carbocycles. The van der Waals surface area contributed by atoms with Crippen molar-refractivity contribution in [1.82, 2.24) is 19.8 Å². The van der Waals surface area contributed by atoms with Gasteiger partial charge in [0.25, 0.3) is 24.1 Å². The van der Waals surface area contributed by atoms with Gasteiger partial charge in [-0.2, -0.15) is 5.26 Å². The van der Waals surface area contributed by atoms with Gasteiger partial charge < -0.3 is 19.5 Å². The van der Waals surface area contributed by atoms with E-state index in [1.807, 2.05) is 27.7 Å². The van der Waals surface area contributed by atoms with Gasteiger partial charge in [-0.05, 0) is 48.6 Å². The fourth-order valence-electron chi connectivity index (χ4n) is 5.41. The predicted molar refractivity (Wildman–Crippen MR) is 166 cm³/mol. The van der Waals surface area contributed by atoms with E-state index in [1.54, 1.807) is 33.7 Å². The van der Waals surface area contributed by atoms with E-state index in [0.29, 0.717) is 60.7 Å². The third kappa shape index (κ3) is 7.23. The Kier molecular flexibility index (Phi) is 9.09. The average molecular weight is 639 g/mol. The SMILES string of the molecule is CC(C)(C)CNC(=O)c1ccc2c(c1)nc(NC(=O)c1ccc(C(F)F)s1)n2C[C@H]1CCCN1C(=O)/C(C#N)=C\C1(C)COC1. The minimum atomic E-state index is -2.69. The lowest BCUT2D eigenvalue weighted by Crippen LogP contribution is -2.41. The number of halogens is 2. The van der Waals surface area contributed by atoms with Gasteiger partial charge in [-0.1, -0.05) is 33.8 Å². The average Bonchev–Trinajstić information content (AvgIpc) is 3.72. The highest BCUT2D eigenvalue weighted by molar-refractivity contribution is 7.14. The Morgan fingerprint density at radius 3 is 2.60 bits per heavy atom. The van der Waals surface area contributed by atoms with Gasteiger partial charge in [0.1, 0.15) is 11.6 Å². The molecule has 3 amide bonds. The number of thiophene rings is 1. The van der Waals surface area contributed by atoms with Gasteiger partial charge in [-0.3, -0.25) is 19.7 Å². The molecule has 0 unspecified atom stereocenters. The monoisotopic (exact) mass is 638 g/mol. The molecule has 3 aromatic rings. The first-order chi connectivity index (χ1) is 21.3. The molecule has 1 aromatic carbocycles. The molecule has 2 aliphatic heterocycles. The largest absolute Gasteiger partial charge is 0.379 e. The van der Waals surface area contributed by atoms with Crippen LogP contribution in [0.3, 0.4) is 0 Å². The number of benzene rings is 1. The first-order valence-corrected chi connectivity index (χ1v) is 15.6. The summed E-state index contributed by atoms with van der Waals surface area (Å²) < 4.78 is 33.4. The van der Waals surface area contributed by atoms with Crippen molar-refractivity contribution in [2.24, 2.45) is 10.8 Å². The molecule has 2 saturated heterocycles. The van der Waals surface area contributed by atoms with Gasteiger partial charge in [-0.25, -0.2) is 13.8 Å². The third-order valence-corrected chi connectivity index (χ3v) is 8.91. The Morgan fingerprint density at radius 1 is 1.22 bits per heavy atom. The van der Waals surface area contributed by atoms with Crippen LogP contribution in [-0.2, 0) is 16.1 Å². The molecule has 2 N–H and O–H groups in total. The van der Waals surface area contributed by atoms with E-state index >= 15 is 0 Å². The second kappa shape index (κ2) is 12.7. The Bertz CT molecular complexity index is 1700. The highest BCUT2D eigenvalue weighted by atomic mass is 32.1. The number of amides is 3. The Morgan fingerprint density at radius 2 is 1.98 bits per heavy atom. The highest BCUT2D eigenvalue weighted by Gasteiger charge is 2.36. The van der Waals surface area contributed by atoms with Crippen LogP contribution in [0.4, 0.5) is 14.7 Å². The number of ether oxygens (including phenoxy) is 1. The molecule has 0 spiro atoms. The summed E-state index contributed by atoms with van der Waals surface area (Å²) in [5, 5.41) is 15.5. The van der Waals surface area contributed by atoms with Crippen LogP contribution in [-0.4, -0.2) is 64.5 Å². The third-order valence-electron chi connectivity index (χ3n) is 7.82. The number of hydrogen-bond acceptors (Lipinski definition) is 7. The number of rotatable bonds is 9. The molecule has 0 radical (unpaired) electrons. The maximum absolute atomic E-state index is 13.5. The van der Waals surface area contributed by atoms with Gasteiger partial charge in [0.05, 0.1) is 40.0 Å². The molecule has 5 rings (SSSR count). The smallest absolute Gasteiger partial charge is 0.272 e. The number of nitrogens with one attached hydrogen (secondary N) is 2. The summed E-state index contributed by atoms with van der Waals surface area (Å²) >= 11 is 0.698. The normalized spacial score (nSPS) is 18.1. The lowest BCUT2D eigenvalue weighted by molar-refractivity contribution is -0.128. The van der Waals surface area contributed by atoms with Gasteiger partial charge in [0.15, 0.2) is 0 Å². The Balaban J connectivity index is 1.46. The van der Waals surface area contributed by atoms with Crippen molar-refractivity contribution in [2.45, 2.75) is 59.5 Å². The van der Waals surface area contributed by atoms with Crippen LogP contribution in [0, 0.1) is 22.2 Å². The Labute approximate surface area is 264 Å². The zero-order valence-corrected chi connectivity index (χ0v) is 26.5. The minimum Gasteiger partial charge on any atom is -0.379 e. The Hall–Kier alpha value is -4.15. The minimum absolute atomic E-state index is 0.0650. The van der Waals surface area contributed by atoms with Gasteiger partial charge in [-0.15, -0.1) is 11.3 Å². The van der Waals surface area contributed by atoms with Crippen molar-refractivity contribution in [2.75, 3.05) is 31.6 Å². The van der Waals surface area contributed by atoms with Crippen molar-refractivity contribution in [3.8, 4) is 6.07 Å². The second-order valence-corrected chi connectivity index (χ2v) is 14.2. The number of hydrogen-bond donors (Lipinski definition) is 2. The van der Waals surface area contributed by atoms with E-state index in [1.165, 1.54) is 12.1 Å². The fraction of sp³-hybridized carbons (Fsp3) is 0.469. The molecular formula is C32H36F2N6O4S. The van der Waals surface area contributed by atoms with Gasteiger partial charge in [0.2, 0.25) is 5.95 Å². The van der Waals surface area contributed by atoms with Crippen LogP contribution in [0.15, 0.2) is 42.0 Å². The number of nitrogens with zero attached hydrogens (tertiary/aromatic N) is 4. The summed E-state index contributed by atoms with van der Waals surface area (Å²) in [5.41, 5.74) is 1.04. The van der Waals surface area contributed by atoms with Crippen LogP contribution in [0.5, 0.6) is 0 Å². The summed E-state index contributed by atoms with van der Waals surface area (Å²) in [6.07, 6.45) is 0.385. The van der Waals surface area contributed by atoms with E-state index in [-0.39, 0.29) is 56.5 Å². The number of imidazole rings is 1.